The molecule has 3 aromatic rings. The van der Waals surface area contributed by atoms with E-state index in [1.165, 1.54) is 18.4 Å². The molecule has 4 rings (SSSR count). The molecule has 0 saturated heterocycles. The molecule has 1 aliphatic heterocycles. The quantitative estimate of drug-likeness (QED) is 0.653. The summed E-state index contributed by atoms with van der Waals surface area (Å²) in [6, 6.07) is 9.38. The minimum atomic E-state index is -0.860. The van der Waals surface area contributed by atoms with Crippen molar-refractivity contribution in [3.8, 4) is 10.7 Å². The summed E-state index contributed by atoms with van der Waals surface area (Å²) in [7, 11) is 1.27. The summed E-state index contributed by atoms with van der Waals surface area (Å²) in [4.78, 5) is 37.9. The molecule has 0 spiro atoms. The van der Waals surface area contributed by atoms with Crippen molar-refractivity contribution in [1.29, 1.82) is 0 Å². The number of hydrogen-bond acceptors (Lipinski definition) is 7. The number of methoxy groups -OCH3 is 1. The molecule has 2 aromatic heterocycles. The molecule has 1 atom stereocenters. The van der Waals surface area contributed by atoms with Gasteiger partial charge in [0.1, 0.15) is 6.04 Å². The predicted molar refractivity (Wildman–Crippen MR) is 102 cm³/mol. The third-order valence-electron chi connectivity index (χ3n) is 4.27. The fourth-order valence-electron chi connectivity index (χ4n) is 2.99. The zero-order valence-electron chi connectivity index (χ0n) is 14.7. The summed E-state index contributed by atoms with van der Waals surface area (Å²) in [6.07, 6.45) is -0.0738. The highest BCUT2D eigenvalue weighted by Gasteiger charge is 2.35. The standard InChI is InChI=1S/C18H15N5O4S/c1-27-17(26)10-5-2-3-6-11(10)19-16(25)12-9-14(24)20-18-22-21-15(23(12)18)13-7-4-8-28-13/h2-8,12H,9H2,1H3,(H,19,25)(H,20,22,24)/t12-/m0/s1. The lowest BCUT2D eigenvalue weighted by Crippen LogP contribution is -2.36. The van der Waals surface area contributed by atoms with Crippen LogP contribution in [0.25, 0.3) is 10.7 Å². The number of rotatable bonds is 4. The average molecular weight is 397 g/mol. The SMILES string of the molecule is COC(=O)c1ccccc1NC(=O)[C@@H]1CC(=O)Nc2nnc(-c3cccs3)n21. The Labute approximate surface area is 163 Å². The first-order valence-electron chi connectivity index (χ1n) is 8.35. The Bertz CT molecular complexity index is 1060. The number of aromatic nitrogens is 3. The van der Waals surface area contributed by atoms with Crippen LogP contribution in [0.2, 0.25) is 0 Å². The Morgan fingerprint density at radius 2 is 2.07 bits per heavy atom. The lowest BCUT2D eigenvalue weighted by Gasteiger charge is -2.25. The topological polar surface area (TPSA) is 115 Å². The van der Waals surface area contributed by atoms with E-state index in [1.807, 2.05) is 17.5 Å². The van der Waals surface area contributed by atoms with Crippen LogP contribution in [0.5, 0.6) is 0 Å². The van der Waals surface area contributed by atoms with Crippen LogP contribution in [0, 0.1) is 0 Å². The van der Waals surface area contributed by atoms with Crippen molar-refractivity contribution < 1.29 is 19.1 Å². The Morgan fingerprint density at radius 3 is 2.82 bits per heavy atom. The van der Waals surface area contributed by atoms with Crippen LogP contribution in [0.15, 0.2) is 41.8 Å². The highest BCUT2D eigenvalue weighted by atomic mass is 32.1. The molecular formula is C18H15N5O4S. The third-order valence-corrected chi connectivity index (χ3v) is 5.14. The molecule has 0 fully saturated rings. The third kappa shape index (κ3) is 3.14. The highest BCUT2D eigenvalue weighted by molar-refractivity contribution is 7.13. The Balaban J connectivity index is 1.70. The Kier molecular flexibility index (Phi) is 4.62. The normalized spacial score (nSPS) is 15.5. The molecule has 28 heavy (non-hydrogen) atoms. The van der Waals surface area contributed by atoms with Gasteiger partial charge in [-0.2, -0.15) is 0 Å². The number of thiophene rings is 1. The van der Waals surface area contributed by atoms with Gasteiger partial charge < -0.3 is 10.1 Å². The van der Waals surface area contributed by atoms with Crippen LogP contribution < -0.4 is 10.6 Å². The summed E-state index contributed by atoms with van der Waals surface area (Å²) in [6.45, 7) is 0. The van der Waals surface area contributed by atoms with Crippen LogP contribution in [-0.4, -0.2) is 39.7 Å². The first-order chi connectivity index (χ1) is 13.6. The summed E-state index contributed by atoms with van der Waals surface area (Å²) >= 11 is 1.45. The van der Waals surface area contributed by atoms with E-state index < -0.39 is 17.9 Å². The van der Waals surface area contributed by atoms with Crippen molar-refractivity contribution in [3.05, 3.63) is 47.3 Å². The van der Waals surface area contributed by atoms with Crippen molar-refractivity contribution in [2.45, 2.75) is 12.5 Å². The largest absolute Gasteiger partial charge is 0.465 e. The van der Waals surface area contributed by atoms with Crippen molar-refractivity contribution in [2.24, 2.45) is 0 Å². The van der Waals surface area contributed by atoms with Gasteiger partial charge in [-0.3, -0.25) is 19.5 Å². The minimum absolute atomic E-state index is 0.0738. The van der Waals surface area contributed by atoms with E-state index in [0.717, 1.165) is 4.88 Å². The van der Waals surface area contributed by atoms with Gasteiger partial charge in [-0.1, -0.05) is 18.2 Å². The van der Waals surface area contributed by atoms with E-state index in [2.05, 4.69) is 20.8 Å². The van der Waals surface area contributed by atoms with Gasteiger partial charge in [-0.25, -0.2) is 4.79 Å². The predicted octanol–water partition coefficient (Wildman–Crippen LogP) is 2.32. The van der Waals surface area contributed by atoms with E-state index in [9.17, 15) is 14.4 Å². The molecule has 2 N–H and O–H groups in total. The maximum absolute atomic E-state index is 13.0. The molecule has 2 amide bonds. The van der Waals surface area contributed by atoms with Gasteiger partial charge >= 0.3 is 5.97 Å². The fraction of sp³-hybridized carbons (Fsp3) is 0.167. The van der Waals surface area contributed by atoms with E-state index in [0.29, 0.717) is 11.5 Å². The minimum Gasteiger partial charge on any atom is -0.465 e. The second-order valence-electron chi connectivity index (χ2n) is 5.99. The lowest BCUT2D eigenvalue weighted by molar-refractivity contribution is -0.125. The van der Waals surface area contributed by atoms with Crippen molar-refractivity contribution in [3.63, 3.8) is 0 Å². The summed E-state index contributed by atoms with van der Waals surface area (Å²) in [5.74, 6) is -0.655. The van der Waals surface area contributed by atoms with Crippen molar-refractivity contribution in [2.75, 3.05) is 17.7 Å². The molecule has 0 saturated carbocycles. The first kappa shape index (κ1) is 17.9. The molecule has 0 unspecified atom stereocenters. The van der Waals surface area contributed by atoms with E-state index >= 15 is 0 Å². The van der Waals surface area contributed by atoms with Crippen molar-refractivity contribution >= 4 is 40.8 Å². The van der Waals surface area contributed by atoms with Gasteiger partial charge in [0.2, 0.25) is 17.8 Å². The lowest BCUT2D eigenvalue weighted by atomic mass is 10.1. The summed E-state index contributed by atoms with van der Waals surface area (Å²) < 4.78 is 6.36. The van der Waals surface area contributed by atoms with Crippen LogP contribution in [0.1, 0.15) is 22.8 Å². The summed E-state index contributed by atoms with van der Waals surface area (Å²) in [5, 5.41) is 15.4. The maximum Gasteiger partial charge on any atom is 0.339 e. The van der Waals surface area contributed by atoms with E-state index in [4.69, 9.17) is 4.74 Å². The van der Waals surface area contributed by atoms with Gasteiger partial charge in [0, 0.05) is 0 Å². The second-order valence-corrected chi connectivity index (χ2v) is 6.94. The number of fused-ring (bicyclic) bond motifs is 1. The van der Waals surface area contributed by atoms with Crippen molar-refractivity contribution in [1.82, 2.24) is 14.8 Å². The van der Waals surface area contributed by atoms with Gasteiger partial charge in [-0.15, -0.1) is 21.5 Å². The second kappa shape index (κ2) is 7.24. The molecule has 3 heterocycles. The average Bonchev–Trinajstić information content (AvgIpc) is 3.36. The molecule has 9 nitrogen and oxygen atoms in total. The monoisotopic (exact) mass is 397 g/mol. The van der Waals surface area contributed by atoms with E-state index in [-0.39, 0.29) is 23.8 Å². The highest BCUT2D eigenvalue weighted by Crippen LogP contribution is 2.33. The number of carbonyl (C=O) groups excluding carboxylic acids is 3. The molecule has 10 heteroatoms. The van der Waals surface area contributed by atoms with E-state index in [1.54, 1.807) is 28.8 Å². The van der Waals surface area contributed by atoms with Gasteiger partial charge in [0.05, 0.1) is 29.7 Å². The number of ether oxygens (including phenoxy) is 1. The molecule has 0 bridgehead atoms. The maximum atomic E-state index is 13.0. The zero-order valence-corrected chi connectivity index (χ0v) is 15.5. The zero-order chi connectivity index (χ0) is 19.7. The number of anilines is 2. The number of nitrogens with zero attached hydrogens (tertiary/aromatic N) is 3. The number of esters is 1. The number of carbonyl (C=O) groups is 3. The van der Waals surface area contributed by atoms with Gasteiger partial charge in [-0.05, 0) is 23.6 Å². The van der Waals surface area contributed by atoms with Crippen LogP contribution in [0.3, 0.4) is 0 Å². The molecule has 1 aromatic carbocycles. The Hall–Kier alpha value is -3.53. The molecular weight excluding hydrogens is 382 g/mol. The summed E-state index contributed by atoms with van der Waals surface area (Å²) in [5.41, 5.74) is 0.527. The van der Waals surface area contributed by atoms with Crippen LogP contribution in [-0.2, 0) is 14.3 Å². The number of nitrogens with one attached hydrogen (secondary N) is 2. The molecule has 0 radical (unpaired) electrons. The smallest absolute Gasteiger partial charge is 0.339 e. The van der Waals surface area contributed by atoms with Gasteiger partial charge in [0.15, 0.2) is 5.82 Å². The number of para-hydroxylation sites is 1. The van der Waals surface area contributed by atoms with Crippen LogP contribution >= 0.6 is 11.3 Å². The molecule has 1 aliphatic rings. The first-order valence-corrected chi connectivity index (χ1v) is 9.23. The number of amides is 2. The number of hydrogen-bond donors (Lipinski definition) is 2. The number of benzene rings is 1. The van der Waals surface area contributed by atoms with Crippen LogP contribution in [0.4, 0.5) is 11.6 Å². The van der Waals surface area contributed by atoms with Gasteiger partial charge in [0.25, 0.3) is 0 Å². The molecule has 142 valence electrons. The fourth-order valence-corrected chi connectivity index (χ4v) is 3.70. The Morgan fingerprint density at radius 1 is 1.25 bits per heavy atom. The molecule has 0 aliphatic carbocycles.